The molecule has 0 amide bonds. The molecule has 38 valence electrons. The molecule has 0 aromatic heterocycles. The van der Waals surface area contributed by atoms with Crippen LogP contribution in [0.4, 0.5) is 18.8 Å². The van der Waals surface area contributed by atoms with E-state index in [0.29, 0.717) is 0 Å². The van der Waals surface area contributed by atoms with Gasteiger partial charge in [-0.15, -0.1) is 0 Å². The molecule has 0 aromatic carbocycles. The average Bonchev–Trinajstić information content (AvgIpc) is 0. The van der Waals surface area contributed by atoms with E-state index in [0.717, 1.165) is 0 Å². The smallest absolute Gasteiger partial charge is 0 e. The van der Waals surface area contributed by atoms with Gasteiger partial charge in [-0.2, -0.15) is 0 Å². The van der Waals surface area contributed by atoms with Gasteiger partial charge in [-0.25, -0.2) is 0 Å². The first kappa shape index (κ1) is 192. The molecule has 6 heavy (non-hydrogen) atoms. The Bertz CT molecular complexity index is 7.51. The van der Waals surface area contributed by atoms with E-state index in [1.54, 1.807) is 0 Å². The first-order valence-corrected chi connectivity index (χ1v) is 0. The summed E-state index contributed by atoms with van der Waals surface area (Å²) in [5.74, 6) is 0. The van der Waals surface area contributed by atoms with E-state index in [2.05, 4.69) is 0 Å². The number of halogens is 4. The third-order valence-electron chi connectivity index (χ3n) is 0. The zero-order valence-corrected chi connectivity index (χ0v) is 4.59. The SMILES string of the molecule is F.F.F.F.[LiH].[Zr]. The van der Waals surface area contributed by atoms with Crippen molar-refractivity contribution in [3.05, 3.63) is 0 Å². The van der Waals surface area contributed by atoms with Gasteiger partial charge in [0.15, 0.2) is 0 Å². The molecule has 0 fully saturated rings. The van der Waals surface area contributed by atoms with Gasteiger partial charge in [0.05, 0.1) is 0 Å². The van der Waals surface area contributed by atoms with Crippen LogP contribution in [0.5, 0.6) is 0 Å². The van der Waals surface area contributed by atoms with Crippen LogP contribution in [-0.2, 0) is 26.2 Å². The van der Waals surface area contributed by atoms with Crippen LogP contribution in [-0.4, -0.2) is 18.9 Å². The molecule has 0 spiro atoms. The summed E-state index contributed by atoms with van der Waals surface area (Å²) in [4.78, 5) is 0. The quantitative estimate of drug-likeness (QED) is 0.361. The van der Waals surface area contributed by atoms with Gasteiger partial charge in [-0.3, -0.25) is 18.8 Å². The molecule has 0 unspecified atom stereocenters. The molecule has 0 heterocycles. The normalized spacial score (nSPS) is 0. The molecule has 0 aliphatic carbocycles. The standard InChI is InChI=1S/4FH.Li.Zr.H/h4*1H;;;. The van der Waals surface area contributed by atoms with Crippen LogP contribution in [0, 0.1) is 0 Å². The molecule has 0 saturated carbocycles. The van der Waals surface area contributed by atoms with Crippen LogP contribution in [0.2, 0.25) is 0 Å². The molecule has 0 atom stereocenters. The number of rotatable bonds is 0. The minimum Gasteiger partial charge on any atom is 0 e. The molecule has 0 aliphatic heterocycles. The van der Waals surface area contributed by atoms with Gasteiger partial charge < -0.3 is 0 Å². The Hall–Kier alpha value is 1.20. The van der Waals surface area contributed by atoms with E-state index in [9.17, 15) is 0 Å². The Balaban J connectivity index is 0. The van der Waals surface area contributed by atoms with E-state index in [1.165, 1.54) is 0 Å². The molecule has 0 bridgehead atoms. The molecule has 6 heteroatoms. The summed E-state index contributed by atoms with van der Waals surface area (Å²) < 4.78 is 0. The molecule has 0 rings (SSSR count). The van der Waals surface area contributed by atoms with Gasteiger partial charge in [0.25, 0.3) is 0 Å². The van der Waals surface area contributed by atoms with Crippen LogP contribution < -0.4 is 0 Å². The Morgan fingerprint density at radius 2 is 0.500 bits per heavy atom. The van der Waals surface area contributed by atoms with Gasteiger partial charge in [0.1, 0.15) is 0 Å². The van der Waals surface area contributed by atoms with Crippen molar-refractivity contribution in [2.24, 2.45) is 0 Å². The van der Waals surface area contributed by atoms with Crippen molar-refractivity contribution in [1.29, 1.82) is 0 Å². The first-order chi connectivity index (χ1) is 0. The molecule has 0 N–H and O–H groups in total. The fourth-order valence-electron chi connectivity index (χ4n) is 0. The summed E-state index contributed by atoms with van der Waals surface area (Å²) in [6.45, 7) is 0. The summed E-state index contributed by atoms with van der Waals surface area (Å²) in [5.41, 5.74) is 0. The van der Waals surface area contributed by atoms with E-state index in [1.807, 2.05) is 0 Å². The van der Waals surface area contributed by atoms with Crippen molar-refractivity contribution in [3.63, 3.8) is 0 Å². The summed E-state index contributed by atoms with van der Waals surface area (Å²) in [5, 5.41) is 0. The van der Waals surface area contributed by atoms with Crippen molar-refractivity contribution in [2.75, 3.05) is 0 Å². The maximum absolute atomic E-state index is 0. The van der Waals surface area contributed by atoms with E-state index < -0.39 is 0 Å². The second kappa shape index (κ2) is 116. The van der Waals surface area contributed by atoms with Crippen LogP contribution in [0.25, 0.3) is 0 Å². The summed E-state index contributed by atoms with van der Waals surface area (Å²) in [7, 11) is 0. The van der Waals surface area contributed by atoms with Gasteiger partial charge in [0.2, 0.25) is 0 Å². The van der Waals surface area contributed by atoms with Gasteiger partial charge in [0, 0.05) is 26.2 Å². The fraction of sp³-hybridized carbons (Fsp3) is 0. The largest absolute Gasteiger partial charge is 0 e. The molecule has 0 radical (unpaired) electrons. The Morgan fingerprint density at radius 3 is 0.500 bits per heavy atom. The zero-order valence-electron chi connectivity index (χ0n) is 2.13. The van der Waals surface area contributed by atoms with Crippen molar-refractivity contribution in [2.45, 2.75) is 0 Å². The number of hydrogen-bond donors (Lipinski definition) is 0. The molecule has 0 nitrogen and oxygen atoms in total. The predicted molar refractivity (Wildman–Crippen MR) is 17.2 cm³/mol. The zero-order chi connectivity index (χ0) is 0. The molecule has 0 aliphatic rings. The second-order valence-corrected chi connectivity index (χ2v) is 0. The maximum atomic E-state index is 0. The van der Waals surface area contributed by atoms with Crippen molar-refractivity contribution < 1.29 is 45.0 Å². The minimum atomic E-state index is 0. The fourth-order valence-corrected chi connectivity index (χ4v) is 0. The molecule has 0 saturated heterocycles. The monoisotopic (exact) mass is 178 g/mol. The van der Waals surface area contributed by atoms with Gasteiger partial charge >= 0.3 is 18.9 Å². The third-order valence-corrected chi connectivity index (χ3v) is 0. The topological polar surface area (TPSA) is 0 Å². The van der Waals surface area contributed by atoms with E-state index in [-0.39, 0.29) is 63.9 Å². The molecular weight excluding hydrogens is 174 g/mol. The summed E-state index contributed by atoms with van der Waals surface area (Å²) in [6.07, 6.45) is 0. The Labute approximate surface area is 63.8 Å². The van der Waals surface area contributed by atoms with E-state index >= 15 is 0 Å². The van der Waals surface area contributed by atoms with Crippen molar-refractivity contribution in [1.82, 2.24) is 0 Å². The molecule has 0 aromatic rings. The van der Waals surface area contributed by atoms with Crippen LogP contribution >= 0.6 is 0 Å². The third kappa shape index (κ3) is 63.7. The Morgan fingerprint density at radius 1 is 0.500 bits per heavy atom. The summed E-state index contributed by atoms with van der Waals surface area (Å²) in [6, 6.07) is 0. The maximum Gasteiger partial charge on any atom is 0 e. The van der Waals surface area contributed by atoms with Crippen LogP contribution in [0.3, 0.4) is 0 Å². The minimum absolute atomic E-state index is 0. The van der Waals surface area contributed by atoms with E-state index in [4.69, 9.17) is 0 Å². The van der Waals surface area contributed by atoms with Gasteiger partial charge in [-0.1, -0.05) is 0 Å². The van der Waals surface area contributed by atoms with Crippen LogP contribution in [0.1, 0.15) is 0 Å². The predicted octanol–water partition coefficient (Wildman–Crippen LogP) is -0.0410. The molecular formula is H5F4LiZr. The van der Waals surface area contributed by atoms with Crippen molar-refractivity contribution in [3.8, 4) is 0 Å². The Kier molecular flexibility index (Phi) is 3720. The summed E-state index contributed by atoms with van der Waals surface area (Å²) >= 11 is 0. The van der Waals surface area contributed by atoms with Crippen LogP contribution in [0.15, 0.2) is 0 Å². The number of hydrogen-bond acceptors (Lipinski definition) is 0. The van der Waals surface area contributed by atoms with Gasteiger partial charge in [-0.05, 0) is 0 Å². The second-order valence-electron chi connectivity index (χ2n) is 0. The average molecular weight is 179 g/mol. The van der Waals surface area contributed by atoms with Crippen molar-refractivity contribution >= 4 is 18.9 Å². The first-order valence-electron chi connectivity index (χ1n) is 0.